The summed E-state index contributed by atoms with van der Waals surface area (Å²) in [5.41, 5.74) is 2.11. The fourth-order valence-corrected chi connectivity index (χ4v) is 3.20. The molecule has 3 heteroatoms. The zero-order valence-corrected chi connectivity index (χ0v) is 9.74. The van der Waals surface area contributed by atoms with Gasteiger partial charge in [0, 0.05) is 27.9 Å². The van der Waals surface area contributed by atoms with Crippen LogP contribution in [0.5, 0.6) is 0 Å². The average molecular weight is 236 g/mol. The number of nitrogens with zero attached hydrogens (tertiary/aromatic N) is 2. The van der Waals surface area contributed by atoms with E-state index in [1.165, 1.54) is 14.8 Å². The first-order chi connectivity index (χ1) is 8.42. The number of hydrogen-bond acceptors (Lipinski definition) is 3. The number of hydrogen-bond donors (Lipinski definition) is 0. The predicted molar refractivity (Wildman–Crippen MR) is 72.4 cm³/mol. The molecule has 0 atom stereocenters. The number of fused-ring (bicyclic) bond motifs is 4. The Kier molecular flexibility index (Phi) is 1.73. The molecule has 0 saturated heterocycles. The summed E-state index contributed by atoms with van der Waals surface area (Å²) in [4.78, 5) is 8.92. The summed E-state index contributed by atoms with van der Waals surface area (Å²) in [6, 6.07) is 12.5. The number of benzene rings is 1. The van der Waals surface area contributed by atoms with Crippen LogP contribution < -0.4 is 0 Å². The summed E-state index contributed by atoms with van der Waals surface area (Å²) in [7, 11) is 0. The second-order valence-electron chi connectivity index (χ2n) is 4.00. The van der Waals surface area contributed by atoms with Crippen LogP contribution in [0.2, 0.25) is 0 Å². The SMILES string of the molecule is c1ccc2nc3c(cc2c1)sc1ccncc13. The van der Waals surface area contributed by atoms with E-state index < -0.39 is 0 Å². The molecule has 3 heterocycles. The van der Waals surface area contributed by atoms with Gasteiger partial charge in [0.25, 0.3) is 0 Å². The van der Waals surface area contributed by atoms with Crippen LogP contribution in [0.4, 0.5) is 0 Å². The van der Waals surface area contributed by atoms with Crippen LogP contribution in [0.1, 0.15) is 0 Å². The first-order valence-electron chi connectivity index (χ1n) is 5.44. The lowest BCUT2D eigenvalue weighted by molar-refractivity contribution is 1.37. The highest BCUT2D eigenvalue weighted by Gasteiger charge is 2.07. The van der Waals surface area contributed by atoms with E-state index in [4.69, 9.17) is 4.98 Å². The molecule has 0 aliphatic heterocycles. The maximum absolute atomic E-state index is 4.74. The normalized spacial score (nSPS) is 11.5. The van der Waals surface area contributed by atoms with E-state index in [2.05, 4.69) is 23.2 Å². The first-order valence-corrected chi connectivity index (χ1v) is 6.25. The van der Waals surface area contributed by atoms with Gasteiger partial charge in [-0.25, -0.2) is 4.98 Å². The highest BCUT2D eigenvalue weighted by Crippen LogP contribution is 2.33. The molecule has 3 aromatic heterocycles. The van der Waals surface area contributed by atoms with Crippen LogP contribution in [-0.4, -0.2) is 9.97 Å². The maximum atomic E-state index is 4.74. The minimum Gasteiger partial charge on any atom is -0.264 e. The van der Waals surface area contributed by atoms with E-state index >= 15 is 0 Å². The average Bonchev–Trinajstić information content (AvgIpc) is 2.73. The minimum absolute atomic E-state index is 1.04. The molecule has 0 unspecified atom stereocenters. The topological polar surface area (TPSA) is 25.8 Å². The van der Waals surface area contributed by atoms with Crippen molar-refractivity contribution in [3.8, 4) is 0 Å². The van der Waals surface area contributed by atoms with Gasteiger partial charge in [0.05, 0.1) is 15.7 Å². The van der Waals surface area contributed by atoms with Gasteiger partial charge < -0.3 is 0 Å². The van der Waals surface area contributed by atoms with Gasteiger partial charge in [-0.1, -0.05) is 18.2 Å². The molecule has 0 fully saturated rings. The molecule has 4 aromatic rings. The van der Waals surface area contributed by atoms with Crippen LogP contribution in [0.25, 0.3) is 31.2 Å². The number of rotatable bonds is 0. The van der Waals surface area contributed by atoms with Crippen molar-refractivity contribution in [1.29, 1.82) is 0 Å². The molecule has 0 spiro atoms. The molecule has 0 saturated carbocycles. The van der Waals surface area contributed by atoms with Crippen LogP contribution >= 0.6 is 11.3 Å². The van der Waals surface area contributed by atoms with Crippen LogP contribution in [0.3, 0.4) is 0 Å². The summed E-state index contributed by atoms with van der Waals surface area (Å²) < 4.78 is 2.48. The molecule has 0 N–H and O–H groups in total. The van der Waals surface area contributed by atoms with Gasteiger partial charge in [0.2, 0.25) is 0 Å². The van der Waals surface area contributed by atoms with Crippen molar-refractivity contribution >= 4 is 42.5 Å². The Hall–Kier alpha value is -2.00. The third-order valence-electron chi connectivity index (χ3n) is 2.95. The molecule has 1 aromatic carbocycles. The van der Waals surface area contributed by atoms with Crippen molar-refractivity contribution in [3.63, 3.8) is 0 Å². The zero-order valence-electron chi connectivity index (χ0n) is 8.92. The molecule has 0 bridgehead atoms. The van der Waals surface area contributed by atoms with E-state index in [1.54, 1.807) is 11.3 Å². The van der Waals surface area contributed by atoms with Crippen molar-refractivity contribution in [2.24, 2.45) is 0 Å². The Morgan fingerprint density at radius 1 is 1.00 bits per heavy atom. The third kappa shape index (κ3) is 1.26. The highest BCUT2D eigenvalue weighted by molar-refractivity contribution is 7.25. The first kappa shape index (κ1) is 9.07. The third-order valence-corrected chi connectivity index (χ3v) is 4.05. The van der Waals surface area contributed by atoms with Gasteiger partial charge in [0.1, 0.15) is 0 Å². The molecule has 0 aliphatic carbocycles. The van der Waals surface area contributed by atoms with Gasteiger partial charge in [0.15, 0.2) is 0 Å². The van der Waals surface area contributed by atoms with Gasteiger partial charge in [-0.05, 0) is 18.2 Å². The van der Waals surface area contributed by atoms with Crippen LogP contribution in [0, 0.1) is 0 Å². The molecule has 17 heavy (non-hydrogen) atoms. The van der Waals surface area contributed by atoms with Crippen molar-refractivity contribution in [3.05, 3.63) is 48.8 Å². The largest absolute Gasteiger partial charge is 0.264 e. The van der Waals surface area contributed by atoms with Gasteiger partial charge in [-0.2, -0.15) is 0 Å². The van der Waals surface area contributed by atoms with Gasteiger partial charge in [-0.3, -0.25) is 4.98 Å². The smallest absolute Gasteiger partial charge is 0.0911 e. The molecule has 0 aliphatic rings. The maximum Gasteiger partial charge on any atom is 0.0911 e. The van der Waals surface area contributed by atoms with Gasteiger partial charge >= 0.3 is 0 Å². The Labute approximate surface area is 102 Å². The van der Waals surface area contributed by atoms with Crippen molar-refractivity contribution in [1.82, 2.24) is 9.97 Å². The second kappa shape index (κ2) is 3.25. The summed E-state index contributed by atoms with van der Waals surface area (Å²) in [6.45, 7) is 0. The van der Waals surface area contributed by atoms with Crippen molar-refractivity contribution in [2.75, 3.05) is 0 Å². The van der Waals surface area contributed by atoms with E-state index in [1.807, 2.05) is 30.6 Å². The molecule has 0 amide bonds. The minimum atomic E-state index is 1.04. The summed E-state index contributed by atoms with van der Waals surface area (Å²) in [6.07, 6.45) is 3.73. The van der Waals surface area contributed by atoms with E-state index in [0.717, 1.165) is 16.4 Å². The molecule has 2 nitrogen and oxygen atoms in total. The number of thiophene rings is 1. The Balaban J connectivity index is 2.28. The monoisotopic (exact) mass is 236 g/mol. The Morgan fingerprint density at radius 3 is 2.94 bits per heavy atom. The fourth-order valence-electron chi connectivity index (χ4n) is 2.13. The van der Waals surface area contributed by atoms with Crippen LogP contribution in [0.15, 0.2) is 48.8 Å². The Morgan fingerprint density at radius 2 is 1.94 bits per heavy atom. The van der Waals surface area contributed by atoms with E-state index in [0.29, 0.717) is 0 Å². The second-order valence-corrected chi connectivity index (χ2v) is 5.09. The quantitative estimate of drug-likeness (QED) is 0.461. The molecular weight excluding hydrogens is 228 g/mol. The standard InChI is InChI=1S/C14H8N2S/c1-2-4-11-9(3-1)7-13-14(16-11)10-8-15-6-5-12(10)17-13/h1-8H. The summed E-state index contributed by atoms with van der Waals surface area (Å²) in [5, 5.41) is 2.35. The number of aromatic nitrogens is 2. The lowest BCUT2D eigenvalue weighted by atomic mass is 10.2. The van der Waals surface area contributed by atoms with Crippen molar-refractivity contribution < 1.29 is 0 Å². The van der Waals surface area contributed by atoms with Gasteiger partial charge in [-0.15, -0.1) is 11.3 Å². The zero-order chi connectivity index (χ0) is 11.2. The molecule has 4 rings (SSSR count). The lowest BCUT2D eigenvalue weighted by Crippen LogP contribution is -1.78. The lowest BCUT2D eigenvalue weighted by Gasteiger charge is -1.96. The number of pyridine rings is 2. The molecule has 0 radical (unpaired) electrons. The van der Waals surface area contributed by atoms with Crippen LogP contribution in [-0.2, 0) is 0 Å². The summed E-state index contributed by atoms with van der Waals surface area (Å²) in [5.74, 6) is 0. The number of para-hydroxylation sites is 1. The molecule has 80 valence electrons. The van der Waals surface area contributed by atoms with E-state index in [-0.39, 0.29) is 0 Å². The fraction of sp³-hybridized carbons (Fsp3) is 0. The Bertz CT molecular complexity index is 842. The summed E-state index contributed by atoms with van der Waals surface area (Å²) >= 11 is 1.77. The van der Waals surface area contributed by atoms with Crippen molar-refractivity contribution in [2.45, 2.75) is 0 Å². The highest BCUT2D eigenvalue weighted by atomic mass is 32.1. The predicted octanol–water partition coefficient (Wildman–Crippen LogP) is 4.00. The molecular formula is C14H8N2S. The van der Waals surface area contributed by atoms with E-state index in [9.17, 15) is 0 Å².